The number of rotatable bonds is 3. The van der Waals surface area contributed by atoms with Gasteiger partial charge in [0.15, 0.2) is 0 Å². The van der Waals surface area contributed by atoms with Crippen LogP contribution in [0.4, 0.5) is 11.4 Å². The zero-order valence-corrected chi connectivity index (χ0v) is 14.0. The van der Waals surface area contributed by atoms with Crippen LogP contribution in [0.25, 0.3) is 0 Å². The lowest BCUT2D eigenvalue weighted by Crippen LogP contribution is -2.42. The summed E-state index contributed by atoms with van der Waals surface area (Å²) in [6.07, 6.45) is -0.283. The van der Waals surface area contributed by atoms with Crippen LogP contribution in [-0.4, -0.2) is 35.4 Å². The van der Waals surface area contributed by atoms with E-state index in [1.165, 1.54) is 18.2 Å². The number of nitro benzene ring substituents is 1. The van der Waals surface area contributed by atoms with Gasteiger partial charge in [-0.2, -0.15) is 0 Å². The van der Waals surface area contributed by atoms with Crippen LogP contribution in [0.1, 0.15) is 22.0 Å². The first-order valence-electron chi connectivity index (χ1n) is 7.66. The minimum Gasteiger partial charge on any atom is -0.393 e. The molecule has 1 aliphatic rings. The summed E-state index contributed by atoms with van der Waals surface area (Å²) < 4.78 is 5.74. The van der Waals surface area contributed by atoms with Gasteiger partial charge in [0.2, 0.25) is 0 Å². The average molecular weight is 362 g/mol. The molecule has 0 spiro atoms. The predicted octanol–water partition coefficient (Wildman–Crippen LogP) is 3.04. The van der Waals surface area contributed by atoms with Crippen molar-refractivity contribution < 1.29 is 14.5 Å². The normalized spacial score (nSPS) is 17.3. The number of nitrogens with two attached hydrogens (primary N) is 1. The Balaban J connectivity index is 1.82. The highest BCUT2D eigenvalue weighted by molar-refractivity contribution is 6.30. The minimum atomic E-state index is -0.595. The molecule has 0 bridgehead atoms. The van der Waals surface area contributed by atoms with Crippen molar-refractivity contribution in [1.82, 2.24) is 4.90 Å². The number of anilines is 1. The zero-order chi connectivity index (χ0) is 18.0. The average Bonchev–Trinajstić information content (AvgIpc) is 2.62. The van der Waals surface area contributed by atoms with Crippen LogP contribution in [0.15, 0.2) is 42.5 Å². The van der Waals surface area contributed by atoms with Crippen LogP contribution < -0.4 is 5.73 Å². The number of carbonyl (C=O) groups is 1. The van der Waals surface area contributed by atoms with Gasteiger partial charge in [0, 0.05) is 17.6 Å². The van der Waals surface area contributed by atoms with Gasteiger partial charge in [-0.25, -0.2) is 0 Å². The second-order valence-corrected chi connectivity index (χ2v) is 6.09. The molecule has 1 heterocycles. The van der Waals surface area contributed by atoms with Crippen LogP contribution in [0, 0.1) is 10.1 Å². The quantitative estimate of drug-likeness (QED) is 0.514. The van der Waals surface area contributed by atoms with E-state index >= 15 is 0 Å². The first-order valence-corrected chi connectivity index (χ1v) is 8.04. The highest BCUT2D eigenvalue weighted by Crippen LogP contribution is 2.28. The summed E-state index contributed by atoms with van der Waals surface area (Å²) in [7, 11) is 0. The molecule has 0 unspecified atom stereocenters. The largest absolute Gasteiger partial charge is 0.393 e. The van der Waals surface area contributed by atoms with Gasteiger partial charge < -0.3 is 15.4 Å². The summed E-state index contributed by atoms with van der Waals surface area (Å²) >= 11 is 5.89. The van der Waals surface area contributed by atoms with Crippen LogP contribution in [-0.2, 0) is 4.74 Å². The Hall–Kier alpha value is -2.64. The monoisotopic (exact) mass is 361 g/mol. The Bertz CT molecular complexity index is 810. The molecule has 25 heavy (non-hydrogen) atoms. The van der Waals surface area contributed by atoms with Crippen molar-refractivity contribution in [3.8, 4) is 0 Å². The van der Waals surface area contributed by atoms with E-state index in [4.69, 9.17) is 22.1 Å². The topological polar surface area (TPSA) is 98.7 Å². The molecule has 0 aliphatic carbocycles. The molecule has 3 rings (SSSR count). The number of ether oxygens (including phenoxy) is 1. The Morgan fingerprint density at radius 1 is 1.28 bits per heavy atom. The van der Waals surface area contributed by atoms with Crippen LogP contribution >= 0.6 is 11.6 Å². The summed E-state index contributed by atoms with van der Waals surface area (Å²) in [4.78, 5) is 24.8. The number of nitrogens with zero attached hydrogens (tertiary/aromatic N) is 2. The van der Waals surface area contributed by atoms with Gasteiger partial charge in [-0.1, -0.05) is 29.8 Å². The van der Waals surface area contributed by atoms with E-state index in [9.17, 15) is 14.9 Å². The van der Waals surface area contributed by atoms with E-state index in [0.29, 0.717) is 24.7 Å². The van der Waals surface area contributed by atoms with E-state index in [2.05, 4.69) is 0 Å². The molecule has 2 N–H and O–H groups in total. The molecular weight excluding hydrogens is 346 g/mol. The molecular formula is C17H16ClN3O4. The van der Waals surface area contributed by atoms with Gasteiger partial charge in [-0.15, -0.1) is 0 Å². The molecule has 1 saturated heterocycles. The third kappa shape index (κ3) is 3.57. The van der Waals surface area contributed by atoms with Gasteiger partial charge in [0.1, 0.15) is 11.8 Å². The third-order valence-electron chi connectivity index (χ3n) is 4.11. The summed E-state index contributed by atoms with van der Waals surface area (Å²) in [5.74, 6) is -0.344. The lowest BCUT2D eigenvalue weighted by Gasteiger charge is -2.33. The summed E-state index contributed by atoms with van der Waals surface area (Å²) in [6, 6.07) is 11.5. The smallest absolute Gasteiger partial charge is 0.292 e. The predicted molar refractivity (Wildman–Crippen MR) is 93.6 cm³/mol. The fourth-order valence-electron chi connectivity index (χ4n) is 2.78. The summed E-state index contributed by atoms with van der Waals surface area (Å²) in [5, 5.41) is 11.6. The van der Waals surface area contributed by atoms with E-state index in [-0.39, 0.29) is 28.9 Å². The second-order valence-electron chi connectivity index (χ2n) is 5.66. The lowest BCUT2D eigenvalue weighted by molar-refractivity contribution is -0.383. The van der Waals surface area contributed by atoms with E-state index in [1.54, 1.807) is 17.0 Å². The number of halogens is 1. The first kappa shape index (κ1) is 17.2. The maximum absolute atomic E-state index is 12.8. The maximum Gasteiger partial charge on any atom is 0.292 e. The molecule has 0 aromatic heterocycles. The highest BCUT2D eigenvalue weighted by Gasteiger charge is 2.28. The van der Waals surface area contributed by atoms with Gasteiger partial charge in [-0.3, -0.25) is 14.9 Å². The zero-order valence-electron chi connectivity index (χ0n) is 13.2. The Morgan fingerprint density at radius 2 is 2.00 bits per heavy atom. The third-order valence-corrected chi connectivity index (χ3v) is 4.36. The van der Waals surface area contributed by atoms with Crippen LogP contribution in [0.5, 0.6) is 0 Å². The number of benzene rings is 2. The summed E-state index contributed by atoms with van der Waals surface area (Å²) in [6.45, 7) is 1.10. The molecule has 8 heteroatoms. The second kappa shape index (κ2) is 7.08. The van der Waals surface area contributed by atoms with Gasteiger partial charge in [-0.05, 0) is 23.8 Å². The number of nitro groups is 1. The van der Waals surface area contributed by atoms with Crippen LogP contribution in [0.2, 0.25) is 5.02 Å². The minimum absolute atomic E-state index is 0.118. The number of para-hydroxylation sites is 1. The first-order chi connectivity index (χ1) is 12.0. The van der Waals surface area contributed by atoms with Crippen molar-refractivity contribution in [3.63, 3.8) is 0 Å². The van der Waals surface area contributed by atoms with Gasteiger partial charge in [0.25, 0.3) is 11.6 Å². The fourth-order valence-corrected chi connectivity index (χ4v) is 2.91. The molecule has 2 aromatic carbocycles. The maximum atomic E-state index is 12.8. The molecule has 1 atom stereocenters. The molecule has 7 nitrogen and oxygen atoms in total. The van der Waals surface area contributed by atoms with Crippen molar-refractivity contribution in [2.24, 2.45) is 0 Å². The Kier molecular flexibility index (Phi) is 4.87. The summed E-state index contributed by atoms with van der Waals surface area (Å²) in [5.41, 5.74) is 6.47. The number of hydrogen-bond acceptors (Lipinski definition) is 5. The number of carbonyl (C=O) groups excluding carboxylic acids is 1. The van der Waals surface area contributed by atoms with Crippen molar-refractivity contribution in [2.75, 3.05) is 25.4 Å². The van der Waals surface area contributed by atoms with Crippen molar-refractivity contribution in [2.45, 2.75) is 6.10 Å². The molecule has 0 radical (unpaired) electrons. The molecule has 1 aliphatic heterocycles. The van der Waals surface area contributed by atoms with Gasteiger partial charge >= 0.3 is 0 Å². The van der Waals surface area contributed by atoms with Crippen LogP contribution in [0.3, 0.4) is 0 Å². The number of morpholine rings is 1. The standard InChI is InChI=1S/C17H16ClN3O4/c18-12-6-4-11(5-7-12)15-10-20(8-9-25-15)17(22)13-2-1-3-14(16(13)19)21(23)24/h1-7,15H,8-10,19H2/t15-/m1/s1. The van der Waals surface area contributed by atoms with Gasteiger partial charge in [0.05, 0.1) is 23.6 Å². The molecule has 1 amide bonds. The van der Waals surface area contributed by atoms with E-state index in [0.717, 1.165) is 5.56 Å². The molecule has 130 valence electrons. The highest BCUT2D eigenvalue weighted by atomic mass is 35.5. The van der Waals surface area contributed by atoms with Crippen molar-refractivity contribution >= 4 is 28.9 Å². The fraction of sp³-hybridized carbons (Fsp3) is 0.235. The van der Waals surface area contributed by atoms with E-state index < -0.39 is 4.92 Å². The van der Waals surface area contributed by atoms with E-state index in [1.807, 2.05) is 12.1 Å². The van der Waals surface area contributed by atoms with Crippen molar-refractivity contribution in [1.29, 1.82) is 0 Å². The number of amides is 1. The SMILES string of the molecule is Nc1c(C(=O)N2CCO[C@@H](c3ccc(Cl)cc3)C2)cccc1[N+](=O)[O-]. The molecule has 2 aromatic rings. The molecule has 1 fully saturated rings. The number of hydrogen-bond donors (Lipinski definition) is 1. The Labute approximate surface area is 149 Å². The molecule has 0 saturated carbocycles. The Morgan fingerprint density at radius 3 is 2.68 bits per heavy atom. The van der Waals surface area contributed by atoms with Crippen molar-refractivity contribution in [3.05, 3.63) is 68.7 Å². The lowest BCUT2D eigenvalue weighted by atomic mass is 10.1. The number of nitrogen functional groups attached to an aromatic ring is 1.